The van der Waals surface area contributed by atoms with Crippen LogP contribution < -0.4 is 5.73 Å². The molecule has 0 spiro atoms. The van der Waals surface area contributed by atoms with Crippen molar-refractivity contribution in [2.45, 2.75) is 57.0 Å². The number of carbonyl (C=O) groups is 1. The number of ether oxygens (including phenoxy) is 1. The van der Waals surface area contributed by atoms with Crippen LogP contribution in [0.25, 0.3) is 0 Å². The van der Waals surface area contributed by atoms with Crippen molar-refractivity contribution in [1.29, 1.82) is 0 Å². The number of nitrogens with two attached hydrogens (primary N) is 1. The van der Waals surface area contributed by atoms with Crippen molar-refractivity contribution >= 4 is 5.97 Å². The summed E-state index contributed by atoms with van der Waals surface area (Å²) < 4.78 is 4.97. The predicted molar refractivity (Wildman–Crippen MR) is 71.2 cm³/mol. The molecule has 1 saturated carbocycles. The molecule has 18 heavy (non-hydrogen) atoms. The van der Waals surface area contributed by atoms with Crippen molar-refractivity contribution < 1.29 is 9.53 Å². The Labute approximate surface area is 110 Å². The number of hydrogen-bond acceptors (Lipinski definition) is 4. The molecule has 0 aromatic carbocycles. The van der Waals surface area contributed by atoms with Crippen molar-refractivity contribution in [3.63, 3.8) is 0 Å². The highest BCUT2D eigenvalue weighted by Gasteiger charge is 2.47. The van der Waals surface area contributed by atoms with Crippen molar-refractivity contribution in [3.8, 4) is 0 Å². The van der Waals surface area contributed by atoms with E-state index in [1.807, 2.05) is 6.92 Å². The van der Waals surface area contributed by atoms with Crippen LogP contribution in [0.5, 0.6) is 0 Å². The van der Waals surface area contributed by atoms with Gasteiger partial charge in [-0.15, -0.1) is 0 Å². The van der Waals surface area contributed by atoms with Crippen molar-refractivity contribution in [1.82, 2.24) is 4.90 Å². The lowest BCUT2D eigenvalue weighted by Crippen LogP contribution is -2.50. The molecule has 1 unspecified atom stereocenters. The van der Waals surface area contributed by atoms with E-state index in [0.29, 0.717) is 6.42 Å². The zero-order valence-electron chi connectivity index (χ0n) is 11.7. The SMILES string of the molecule is COC(=O)[C@]1(C)CC(N)CN1CC1CCCCC1. The Bertz CT molecular complexity index is 302. The van der Waals surface area contributed by atoms with Gasteiger partial charge in [0.2, 0.25) is 0 Å². The fourth-order valence-electron chi connectivity index (χ4n) is 3.58. The van der Waals surface area contributed by atoms with E-state index in [0.717, 1.165) is 19.0 Å². The fraction of sp³-hybridized carbons (Fsp3) is 0.929. The molecule has 2 N–H and O–H groups in total. The van der Waals surface area contributed by atoms with Crippen LogP contribution in [0.1, 0.15) is 45.4 Å². The quantitative estimate of drug-likeness (QED) is 0.776. The second kappa shape index (κ2) is 5.57. The van der Waals surface area contributed by atoms with E-state index in [4.69, 9.17) is 10.5 Å². The molecule has 2 atom stereocenters. The molecule has 4 heteroatoms. The zero-order valence-corrected chi connectivity index (χ0v) is 11.7. The first-order valence-electron chi connectivity index (χ1n) is 7.15. The summed E-state index contributed by atoms with van der Waals surface area (Å²) in [4.78, 5) is 14.3. The van der Waals surface area contributed by atoms with E-state index in [2.05, 4.69) is 4.90 Å². The minimum absolute atomic E-state index is 0.0951. The standard InChI is InChI=1S/C14H26N2O2/c1-14(13(17)18-2)8-12(15)10-16(14)9-11-6-4-3-5-7-11/h11-12H,3-10,15H2,1-2H3/t12?,14-/m0/s1. The Kier molecular flexibility index (Phi) is 4.28. The van der Waals surface area contributed by atoms with Gasteiger partial charge in [-0.3, -0.25) is 9.69 Å². The van der Waals surface area contributed by atoms with E-state index in [1.165, 1.54) is 39.2 Å². The van der Waals surface area contributed by atoms with Crippen LogP contribution in [-0.4, -0.2) is 42.6 Å². The number of esters is 1. The number of rotatable bonds is 3. The third-order valence-corrected chi connectivity index (χ3v) is 4.64. The molecular formula is C14H26N2O2. The smallest absolute Gasteiger partial charge is 0.326 e. The van der Waals surface area contributed by atoms with E-state index in [9.17, 15) is 4.79 Å². The number of methoxy groups -OCH3 is 1. The van der Waals surface area contributed by atoms with Gasteiger partial charge >= 0.3 is 5.97 Å². The molecule has 2 fully saturated rings. The largest absolute Gasteiger partial charge is 0.468 e. The monoisotopic (exact) mass is 254 g/mol. The predicted octanol–water partition coefficient (Wildman–Crippen LogP) is 1.53. The average Bonchev–Trinajstić information content (AvgIpc) is 2.65. The van der Waals surface area contributed by atoms with Gasteiger partial charge in [-0.2, -0.15) is 0 Å². The second-order valence-electron chi connectivity index (χ2n) is 6.14. The molecule has 0 aromatic rings. The third kappa shape index (κ3) is 2.69. The molecule has 0 bridgehead atoms. The first-order valence-corrected chi connectivity index (χ1v) is 7.15. The maximum absolute atomic E-state index is 12.0. The zero-order chi connectivity index (χ0) is 13.2. The first-order chi connectivity index (χ1) is 8.56. The van der Waals surface area contributed by atoms with Gasteiger partial charge in [0.05, 0.1) is 7.11 Å². The van der Waals surface area contributed by atoms with Crippen LogP contribution in [-0.2, 0) is 9.53 Å². The summed E-state index contributed by atoms with van der Waals surface area (Å²) in [5.74, 6) is 0.597. The molecule has 2 aliphatic rings. The highest BCUT2D eigenvalue weighted by atomic mass is 16.5. The summed E-state index contributed by atoms with van der Waals surface area (Å²) in [6.07, 6.45) is 7.33. The summed E-state index contributed by atoms with van der Waals surface area (Å²) in [6, 6.07) is 0.0951. The van der Waals surface area contributed by atoms with E-state index in [-0.39, 0.29) is 12.0 Å². The third-order valence-electron chi connectivity index (χ3n) is 4.64. The van der Waals surface area contributed by atoms with Crippen LogP contribution in [0, 0.1) is 5.92 Å². The Morgan fingerprint density at radius 1 is 1.39 bits per heavy atom. The van der Waals surface area contributed by atoms with Gasteiger partial charge in [-0.25, -0.2) is 0 Å². The maximum Gasteiger partial charge on any atom is 0.326 e. The lowest BCUT2D eigenvalue weighted by Gasteiger charge is -2.35. The molecule has 1 aliphatic heterocycles. The molecule has 104 valence electrons. The van der Waals surface area contributed by atoms with E-state index < -0.39 is 5.54 Å². The Balaban J connectivity index is 2.02. The highest BCUT2D eigenvalue weighted by molar-refractivity contribution is 5.80. The molecule has 0 amide bonds. The second-order valence-corrected chi connectivity index (χ2v) is 6.14. The number of hydrogen-bond donors (Lipinski definition) is 1. The maximum atomic E-state index is 12.0. The molecular weight excluding hydrogens is 228 g/mol. The summed E-state index contributed by atoms with van der Waals surface area (Å²) >= 11 is 0. The minimum atomic E-state index is -0.508. The lowest BCUT2D eigenvalue weighted by molar-refractivity contribution is -0.152. The fourth-order valence-corrected chi connectivity index (χ4v) is 3.58. The Morgan fingerprint density at radius 2 is 2.06 bits per heavy atom. The Morgan fingerprint density at radius 3 is 2.67 bits per heavy atom. The summed E-state index contributed by atoms with van der Waals surface area (Å²) in [6.45, 7) is 3.80. The van der Waals surface area contributed by atoms with Gasteiger partial charge in [-0.05, 0) is 32.1 Å². The summed E-state index contributed by atoms with van der Waals surface area (Å²) in [7, 11) is 1.47. The highest BCUT2D eigenvalue weighted by Crippen LogP contribution is 2.33. The van der Waals surface area contributed by atoms with Crippen molar-refractivity contribution in [3.05, 3.63) is 0 Å². The lowest BCUT2D eigenvalue weighted by atomic mass is 9.88. The van der Waals surface area contributed by atoms with Crippen LogP contribution in [0.4, 0.5) is 0 Å². The minimum Gasteiger partial charge on any atom is -0.468 e. The number of nitrogens with zero attached hydrogens (tertiary/aromatic N) is 1. The molecule has 1 aliphatic carbocycles. The van der Waals surface area contributed by atoms with Crippen LogP contribution in [0.2, 0.25) is 0 Å². The van der Waals surface area contributed by atoms with Gasteiger partial charge in [0.1, 0.15) is 5.54 Å². The van der Waals surface area contributed by atoms with Gasteiger partial charge in [0, 0.05) is 19.1 Å². The van der Waals surface area contributed by atoms with Crippen molar-refractivity contribution in [2.24, 2.45) is 11.7 Å². The van der Waals surface area contributed by atoms with Gasteiger partial charge < -0.3 is 10.5 Å². The van der Waals surface area contributed by atoms with Crippen LogP contribution in [0.15, 0.2) is 0 Å². The first kappa shape index (κ1) is 13.8. The van der Waals surface area contributed by atoms with E-state index in [1.54, 1.807) is 0 Å². The molecule has 0 radical (unpaired) electrons. The Hall–Kier alpha value is -0.610. The molecule has 2 rings (SSSR count). The van der Waals surface area contributed by atoms with Gasteiger partial charge in [-0.1, -0.05) is 19.3 Å². The van der Waals surface area contributed by atoms with Crippen LogP contribution >= 0.6 is 0 Å². The van der Waals surface area contributed by atoms with Gasteiger partial charge in [0.25, 0.3) is 0 Å². The molecule has 1 saturated heterocycles. The van der Waals surface area contributed by atoms with E-state index >= 15 is 0 Å². The van der Waals surface area contributed by atoms with Gasteiger partial charge in [0.15, 0.2) is 0 Å². The normalized spacial score (nSPS) is 34.7. The molecule has 4 nitrogen and oxygen atoms in total. The van der Waals surface area contributed by atoms with Crippen molar-refractivity contribution in [2.75, 3.05) is 20.2 Å². The molecule has 1 heterocycles. The topological polar surface area (TPSA) is 55.6 Å². The average molecular weight is 254 g/mol. The van der Waals surface area contributed by atoms with Crippen LogP contribution in [0.3, 0.4) is 0 Å². The number of carbonyl (C=O) groups excluding carboxylic acids is 1. The summed E-state index contributed by atoms with van der Waals surface area (Å²) in [5.41, 5.74) is 5.54. The molecule has 0 aromatic heterocycles. The number of likely N-dealkylation sites (tertiary alicyclic amines) is 1. The summed E-state index contributed by atoms with van der Waals surface area (Å²) in [5, 5.41) is 0.